The number of unbranched alkanes of at least 4 members (excludes halogenated alkanes) is 3. The first kappa shape index (κ1) is 68.7. The van der Waals surface area contributed by atoms with E-state index in [-0.39, 0.29) is 87.6 Å². The second-order valence-corrected chi connectivity index (χ2v) is 21.1. The minimum absolute atomic E-state index is 0.0337. The van der Waals surface area contributed by atoms with Crippen molar-refractivity contribution in [1.82, 2.24) is 31.9 Å². The molecule has 2 aromatic rings. The number of aliphatic carboxylic acids is 4. The zero-order valence-corrected chi connectivity index (χ0v) is 46.2. The fraction of sp³-hybridized carbons (Fsp3) is 0.510. The van der Waals surface area contributed by atoms with E-state index >= 15 is 0 Å². The number of thiocarbonyl (C=S) groups is 1. The summed E-state index contributed by atoms with van der Waals surface area (Å²) in [5.74, 6) is -11.3. The second-order valence-electron chi connectivity index (χ2n) is 18.1. The largest absolute Gasteiger partial charge is 0.481 e. The van der Waals surface area contributed by atoms with Crippen LogP contribution in [0.1, 0.15) is 88.2 Å². The summed E-state index contributed by atoms with van der Waals surface area (Å²) in [5, 5.41) is 52.9. The first-order valence-electron chi connectivity index (χ1n) is 25.3. The van der Waals surface area contributed by atoms with E-state index in [0.717, 1.165) is 27.2 Å². The highest BCUT2D eigenvalue weighted by molar-refractivity contribution is 8.76. The highest BCUT2D eigenvalue weighted by Gasteiger charge is 2.32. The van der Waals surface area contributed by atoms with Crippen LogP contribution in [0.5, 0.6) is 0 Å². The van der Waals surface area contributed by atoms with E-state index in [1.807, 2.05) is 0 Å². The second kappa shape index (κ2) is 39.1. The van der Waals surface area contributed by atoms with Gasteiger partial charge < -0.3 is 73.3 Å². The molecule has 0 aromatic heterocycles. The van der Waals surface area contributed by atoms with Crippen molar-refractivity contribution < 1.29 is 87.4 Å². The van der Waals surface area contributed by atoms with Crippen molar-refractivity contribution in [3.05, 3.63) is 71.8 Å². The average molecular weight is 1180 g/mol. The summed E-state index contributed by atoms with van der Waals surface area (Å²) in [6.07, 6.45) is -2.45. The molecular weight excluding hydrogens is 1110 g/mol. The first-order chi connectivity index (χ1) is 38.1. The number of carbonyl (C=O) groups excluding carboxylic acids is 8. The lowest BCUT2D eigenvalue weighted by atomic mass is 9.89. The lowest BCUT2D eigenvalue weighted by Gasteiger charge is -2.23. The number of Topliss-reactive ketones (excluding diaryl/α,β-unsaturated/α-hetero) is 2. The van der Waals surface area contributed by atoms with Crippen LogP contribution in [0.15, 0.2) is 60.7 Å². The van der Waals surface area contributed by atoms with Gasteiger partial charge in [-0.05, 0) is 55.4 Å². The van der Waals surface area contributed by atoms with E-state index in [1.165, 1.54) is 0 Å². The van der Waals surface area contributed by atoms with Crippen molar-refractivity contribution >= 4 is 111 Å². The molecule has 29 heteroatoms. The Morgan fingerprint density at radius 3 is 1.84 bits per heavy atom. The maximum Gasteiger partial charge on any atom is 0.404 e. The van der Waals surface area contributed by atoms with Crippen molar-refractivity contribution in [1.29, 1.82) is 0 Å². The van der Waals surface area contributed by atoms with Crippen LogP contribution in [0, 0.1) is 11.8 Å². The number of benzene rings is 2. The Balaban J connectivity index is 2.00. The number of primary amides is 1. The van der Waals surface area contributed by atoms with Gasteiger partial charge in [-0.1, -0.05) is 95.1 Å². The van der Waals surface area contributed by atoms with Gasteiger partial charge in [-0.15, -0.1) is 0 Å². The fourth-order valence-corrected chi connectivity index (χ4v) is 9.88. The van der Waals surface area contributed by atoms with Crippen LogP contribution in [0.3, 0.4) is 0 Å². The zero-order chi connectivity index (χ0) is 59.4. The fourth-order valence-electron chi connectivity index (χ4n) is 7.47. The van der Waals surface area contributed by atoms with Crippen molar-refractivity contribution in [2.24, 2.45) is 23.3 Å². The molecule has 0 aliphatic rings. The number of carbonyl (C=O) groups is 12. The molecule has 0 saturated carbocycles. The summed E-state index contributed by atoms with van der Waals surface area (Å²) in [6, 6.07) is 12.1. The third-order valence-corrected chi connectivity index (χ3v) is 14.4. The van der Waals surface area contributed by atoms with E-state index in [9.17, 15) is 72.9 Å². The Bertz CT molecular complexity index is 2390. The summed E-state index contributed by atoms with van der Waals surface area (Å²) in [5.41, 5.74) is 12.4. The molecule has 0 spiro atoms. The molecule has 7 atom stereocenters. The molecule has 14 N–H and O–H groups in total. The monoisotopic (exact) mass is 1180 g/mol. The molecule has 0 saturated heterocycles. The normalized spacial score (nSPS) is 13.4. The Kier molecular flexibility index (Phi) is 33.6. The van der Waals surface area contributed by atoms with Crippen LogP contribution in [0.25, 0.3) is 0 Å². The Morgan fingerprint density at radius 1 is 0.613 bits per heavy atom. The summed E-state index contributed by atoms with van der Waals surface area (Å²) in [4.78, 5) is 148. The molecule has 440 valence electrons. The Morgan fingerprint density at radius 2 is 1.24 bits per heavy atom. The van der Waals surface area contributed by atoms with Crippen molar-refractivity contribution in [3.8, 4) is 0 Å². The SMILES string of the molecule is NC(=O)OCCSSC[C@H](CC(=O)[C@H](CC(=O)O)NC(=O)[C@@H](N)CNC(=O)[C@@H](CC(=O)[C@H](Cc1ccccc1)NC(=O)CCCCCCNC(=O)CC[C@H](NC(=S)N[C@@H](CCC(=O)O)OC=O)C(=O)O)Cc1ccccc1)C(=O)O. The van der Waals surface area contributed by atoms with Gasteiger partial charge in [0, 0.05) is 62.6 Å². The van der Waals surface area contributed by atoms with Gasteiger partial charge in [-0.3, -0.25) is 47.9 Å². The molecule has 2 rings (SSSR count). The molecule has 0 unspecified atom stereocenters. The predicted molar refractivity (Wildman–Crippen MR) is 295 cm³/mol. The van der Waals surface area contributed by atoms with Crippen LogP contribution in [-0.2, 0) is 75.1 Å². The summed E-state index contributed by atoms with van der Waals surface area (Å²) < 4.78 is 9.35. The number of rotatable bonds is 43. The number of ether oxygens (including phenoxy) is 2. The van der Waals surface area contributed by atoms with Crippen molar-refractivity contribution in [2.75, 3.05) is 31.2 Å². The van der Waals surface area contributed by atoms with Gasteiger partial charge >= 0.3 is 30.0 Å². The van der Waals surface area contributed by atoms with E-state index in [1.54, 1.807) is 60.7 Å². The number of hydrogen-bond donors (Lipinski definition) is 12. The van der Waals surface area contributed by atoms with E-state index in [4.69, 9.17) is 33.5 Å². The van der Waals surface area contributed by atoms with Crippen LogP contribution < -0.4 is 43.4 Å². The molecule has 0 bridgehead atoms. The van der Waals surface area contributed by atoms with Crippen LogP contribution in [-0.4, -0.2) is 159 Å². The summed E-state index contributed by atoms with van der Waals surface area (Å²) >= 11 is 5.07. The number of amides is 5. The van der Waals surface area contributed by atoms with Gasteiger partial charge in [0.05, 0.1) is 30.8 Å². The minimum atomic E-state index is -1.67. The van der Waals surface area contributed by atoms with Gasteiger partial charge in [0.25, 0.3) is 6.47 Å². The van der Waals surface area contributed by atoms with Crippen LogP contribution >= 0.6 is 33.8 Å². The van der Waals surface area contributed by atoms with E-state index in [0.29, 0.717) is 31.2 Å². The third-order valence-electron chi connectivity index (χ3n) is 11.7. The third kappa shape index (κ3) is 30.7. The highest BCUT2D eigenvalue weighted by atomic mass is 33.1. The van der Waals surface area contributed by atoms with Gasteiger partial charge in [-0.2, -0.15) is 0 Å². The lowest BCUT2D eigenvalue weighted by Crippen LogP contribution is -2.53. The number of hydrogen-bond acceptors (Lipinski definition) is 18. The van der Waals surface area contributed by atoms with E-state index < -0.39 is 127 Å². The lowest BCUT2D eigenvalue weighted by molar-refractivity contribution is -0.144. The molecule has 0 fully saturated rings. The Hall–Kier alpha value is -7.37. The summed E-state index contributed by atoms with van der Waals surface area (Å²) in [6.45, 7) is -0.191. The quantitative estimate of drug-likeness (QED) is 0.0146. The highest BCUT2D eigenvalue weighted by Crippen LogP contribution is 2.26. The van der Waals surface area contributed by atoms with Crippen LogP contribution in [0.2, 0.25) is 0 Å². The molecule has 80 heavy (non-hydrogen) atoms. The van der Waals surface area contributed by atoms with Gasteiger partial charge in [0.1, 0.15) is 18.7 Å². The standard InChI is InChI=1S/C51H70N8O18S3/c52-35(47(70)57-38(27-45(67)68)40(62)26-34(48(71)72)29-80-79-22-21-76-50(53)75)28-55-46(69)33(23-31-11-5-3-6-12-31)25-39(61)37(24-32-13-7-4-8-14-32)56-42(64)15-9-1-2-10-20-54-41(63)17-16-36(49(73)74)58-51(78)59-43(77-30-60)18-19-44(65)66/h3-8,11-14,30,33-38,43H,1-2,9-10,15-29,52H2,(H2,53,75)(H,54,63)(H,55,69)(H,56,64)(H,57,70)(H,65,66)(H,67,68)(H,71,72)(H,73,74)(H2,58,59,78)/t33-,34+,35+,36+,37+,38+,43-/m1/s1. The molecule has 2 aromatic carbocycles. The van der Waals surface area contributed by atoms with Crippen LogP contribution in [0.4, 0.5) is 4.79 Å². The topological polar surface area (TPSA) is 428 Å². The molecule has 5 amide bonds. The molecule has 0 aliphatic carbocycles. The number of carboxylic acid groups (broad SMARTS) is 4. The minimum Gasteiger partial charge on any atom is -0.481 e. The molecule has 0 aliphatic heterocycles. The maximum atomic E-state index is 14.2. The zero-order valence-electron chi connectivity index (χ0n) is 43.7. The average Bonchev–Trinajstić information content (AvgIpc) is 3.41. The summed E-state index contributed by atoms with van der Waals surface area (Å²) in [7, 11) is 2.22. The van der Waals surface area contributed by atoms with Crippen molar-refractivity contribution in [2.45, 2.75) is 120 Å². The smallest absolute Gasteiger partial charge is 0.404 e. The predicted octanol–water partition coefficient (Wildman–Crippen LogP) is 1.20. The molecule has 0 radical (unpaired) electrons. The van der Waals surface area contributed by atoms with Gasteiger partial charge in [0.2, 0.25) is 23.6 Å². The van der Waals surface area contributed by atoms with E-state index in [2.05, 4.69) is 36.6 Å². The van der Waals surface area contributed by atoms with Gasteiger partial charge in [0.15, 0.2) is 22.9 Å². The number of nitrogens with one attached hydrogen (secondary N) is 6. The molecule has 26 nitrogen and oxygen atoms in total. The first-order valence-corrected chi connectivity index (χ1v) is 28.2. The maximum absolute atomic E-state index is 14.2. The number of ketones is 2. The number of carboxylic acids is 4. The molecule has 0 heterocycles. The molecular formula is C51H70N8O18S3. The number of nitrogens with two attached hydrogens (primary N) is 2. The van der Waals surface area contributed by atoms with Crippen molar-refractivity contribution in [3.63, 3.8) is 0 Å². The van der Waals surface area contributed by atoms with Gasteiger partial charge in [-0.25, -0.2) is 9.59 Å². The Labute approximate surface area is 474 Å².